The molecule has 0 aliphatic carbocycles. The molecule has 1 aliphatic heterocycles. The van der Waals surface area contributed by atoms with E-state index >= 15 is 0 Å². The molecule has 146 valence electrons. The molecule has 6 nitrogen and oxygen atoms in total. The van der Waals surface area contributed by atoms with E-state index in [9.17, 15) is 14.0 Å². The quantitative estimate of drug-likeness (QED) is 0.592. The fourth-order valence-corrected chi connectivity index (χ4v) is 3.95. The Morgan fingerprint density at radius 3 is 2.54 bits per heavy atom. The van der Waals surface area contributed by atoms with E-state index in [1.165, 1.54) is 17.8 Å². The number of carboxylic acids is 1. The van der Waals surface area contributed by atoms with Crippen LogP contribution in [0, 0.1) is 5.82 Å². The van der Waals surface area contributed by atoms with Crippen LogP contribution in [0.3, 0.4) is 0 Å². The molecule has 0 saturated carbocycles. The summed E-state index contributed by atoms with van der Waals surface area (Å²) in [6.07, 6.45) is 0.441. The highest BCUT2D eigenvalue weighted by Gasteiger charge is 2.29. The van der Waals surface area contributed by atoms with E-state index in [0.29, 0.717) is 21.4 Å². The van der Waals surface area contributed by atoms with Gasteiger partial charge < -0.3 is 20.9 Å². The largest absolute Gasteiger partial charge is 0.480 e. The highest BCUT2D eigenvalue weighted by molar-refractivity contribution is 8.24. The van der Waals surface area contributed by atoms with E-state index in [1.807, 2.05) is 0 Å². The molecule has 2 aromatic carbocycles. The summed E-state index contributed by atoms with van der Waals surface area (Å²) >= 11 is 6.16. The molecule has 1 heterocycles. The van der Waals surface area contributed by atoms with Gasteiger partial charge in [-0.25, -0.2) is 4.39 Å². The number of hydrogen-bond acceptors (Lipinski definition) is 6. The minimum Gasteiger partial charge on any atom is -0.480 e. The summed E-state index contributed by atoms with van der Waals surface area (Å²) in [5.41, 5.74) is 6.67. The number of halogens is 1. The molecule has 0 spiro atoms. The number of thioether (sulfide) groups is 1. The molecular weight excluding hydrogens is 403 g/mol. The average Bonchev–Trinajstić information content (AvgIpc) is 2.96. The fourth-order valence-electron chi connectivity index (χ4n) is 2.66. The van der Waals surface area contributed by atoms with Crippen molar-refractivity contribution in [2.75, 3.05) is 0 Å². The van der Waals surface area contributed by atoms with Crippen molar-refractivity contribution >= 4 is 40.2 Å². The maximum Gasteiger partial charge on any atom is 0.320 e. The van der Waals surface area contributed by atoms with Crippen molar-refractivity contribution in [1.29, 1.82) is 0 Å². The lowest BCUT2D eigenvalue weighted by molar-refractivity contribution is -0.138. The molecule has 4 N–H and O–H groups in total. The van der Waals surface area contributed by atoms with Crippen molar-refractivity contribution in [3.63, 3.8) is 0 Å². The van der Waals surface area contributed by atoms with Gasteiger partial charge in [0.25, 0.3) is 0 Å². The van der Waals surface area contributed by atoms with E-state index in [0.717, 1.165) is 5.56 Å². The number of carboxylic acid groups (broad SMARTS) is 1. The number of hydrogen-bond donors (Lipinski definition) is 3. The Bertz CT molecular complexity index is 921. The normalized spacial score (nSPS) is 17.3. The Kier molecular flexibility index (Phi) is 6.28. The summed E-state index contributed by atoms with van der Waals surface area (Å²) in [7, 11) is 0. The molecule has 1 fully saturated rings. The first kappa shape index (κ1) is 20.2. The standard InChI is InChI=1S/C19H17FN2O4S2/c20-14-9-13(6-3-11(14)8-16-17(23)22-19(27)28-16)26-12-4-1-10(2-5-12)7-15(21)18(24)25/h1-6,9,15-16H,7-8,21H2,(H,24,25)(H,22,23,27)/t15-,16?/m0/s1. The average molecular weight is 420 g/mol. The zero-order chi connectivity index (χ0) is 20.3. The Balaban J connectivity index is 1.63. The molecule has 1 saturated heterocycles. The van der Waals surface area contributed by atoms with Gasteiger partial charge in [0.2, 0.25) is 5.91 Å². The predicted molar refractivity (Wildman–Crippen MR) is 108 cm³/mol. The summed E-state index contributed by atoms with van der Waals surface area (Å²) in [6, 6.07) is 10.3. The summed E-state index contributed by atoms with van der Waals surface area (Å²) in [5.74, 6) is -0.942. The number of amides is 1. The molecule has 0 aromatic heterocycles. The lowest BCUT2D eigenvalue weighted by Crippen LogP contribution is -2.32. The Morgan fingerprint density at radius 2 is 1.96 bits per heavy atom. The van der Waals surface area contributed by atoms with Crippen LogP contribution in [-0.4, -0.2) is 32.6 Å². The molecule has 1 amide bonds. The van der Waals surface area contributed by atoms with Gasteiger partial charge in [-0.1, -0.05) is 42.2 Å². The molecule has 0 radical (unpaired) electrons. The molecule has 0 bridgehead atoms. The van der Waals surface area contributed by atoms with E-state index in [1.54, 1.807) is 36.4 Å². The Hall–Kier alpha value is -2.49. The molecule has 1 aliphatic rings. The molecule has 9 heteroatoms. The number of thiocarbonyl (C=S) groups is 1. The van der Waals surface area contributed by atoms with Crippen LogP contribution >= 0.6 is 24.0 Å². The van der Waals surface area contributed by atoms with Crippen LogP contribution in [-0.2, 0) is 22.4 Å². The van der Waals surface area contributed by atoms with Gasteiger partial charge in [0, 0.05) is 6.07 Å². The maximum absolute atomic E-state index is 14.4. The molecule has 3 rings (SSSR count). The van der Waals surface area contributed by atoms with Crippen molar-refractivity contribution in [2.45, 2.75) is 24.1 Å². The predicted octanol–water partition coefficient (Wildman–Crippen LogP) is 2.63. The van der Waals surface area contributed by atoms with Gasteiger partial charge in [-0.05, 0) is 42.2 Å². The van der Waals surface area contributed by atoms with Gasteiger partial charge >= 0.3 is 5.97 Å². The number of benzene rings is 2. The van der Waals surface area contributed by atoms with E-state index in [-0.39, 0.29) is 18.7 Å². The first-order valence-electron chi connectivity index (χ1n) is 8.37. The van der Waals surface area contributed by atoms with Crippen LogP contribution in [0.5, 0.6) is 11.5 Å². The number of nitrogens with two attached hydrogens (primary N) is 1. The summed E-state index contributed by atoms with van der Waals surface area (Å²) < 4.78 is 20.4. The SMILES string of the molecule is N[C@@H](Cc1ccc(Oc2ccc(CC3SC(=S)NC3=O)c(F)c2)cc1)C(=O)O. The molecule has 1 unspecified atom stereocenters. The van der Waals surface area contributed by atoms with Crippen LogP contribution in [0.25, 0.3) is 0 Å². The number of carbonyl (C=O) groups excluding carboxylic acids is 1. The highest BCUT2D eigenvalue weighted by atomic mass is 32.2. The van der Waals surface area contributed by atoms with Gasteiger partial charge in [-0.3, -0.25) is 9.59 Å². The van der Waals surface area contributed by atoms with Crippen molar-refractivity contribution in [3.8, 4) is 11.5 Å². The van der Waals surface area contributed by atoms with Crippen LogP contribution in [0.1, 0.15) is 11.1 Å². The third-order valence-corrected chi connectivity index (χ3v) is 5.50. The van der Waals surface area contributed by atoms with Crippen LogP contribution in [0.15, 0.2) is 42.5 Å². The monoisotopic (exact) mass is 420 g/mol. The third kappa shape index (κ3) is 5.06. The van der Waals surface area contributed by atoms with Gasteiger partial charge in [-0.2, -0.15) is 0 Å². The molecule has 28 heavy (non-hydrogen) atoms. The minimum absolute atomic E-state index is 0.204. The lowest BCUT2D eigenvalue weighted by atomic mass is 10.1. The minimum atomic E-state index is -1.06. The van der Waals surface area contributed by atoms with E-state index in [2.05, 4.69) is 5.32 Å². The number of aliphatic carboxylic acids is 1. The molecule has 2 atom stereocenters. The van der Waals surface area contributed by atoms with Crippen molar-refractivity contribution in [3.05, 3.63) is 59.4 Å². The van der Waals surface area contributed by atoms with Gasteiger partial charge in [-0.15, -0.1) is 0 Å². The van der Waals surface area contributed by atoms with E-state index < -0.39 is 23.1 Å². The van der Waals surface area contributed by atoms with E-state index in [4.69, 9.17) is 27.8 Å². The summed E-state index contributed by atoms with van der Waals surface area (Å²) in [5, 5.41) is 11.0. The van der Waals surface area contributed by atoms with Crippen LogP contribution in [0.2, 0.25) is 0 Å². The van der Waals surface area contributed by atoms with Crippen LogP contribution < -0.4 is 15.8 Å². The topological polar surface area (TPSA) is 102 Å². The molecule has 2 aromatic rings. The highest BCUT2D eigenvalue weighted by Crippen LogP contribution is 2.28. The second kappa shape index (κ2) is 8.68. The number of ether oxygens (including phenoxy) is 1. The number of rotatable bonds is 7. The second-order valence-corrected chi connectivity index (χ2v) is 8.12. The zero-order valence-corrected chi connectivity index (χ0v) is 16.2. The van der Waals surface area contributed by atoms with Crippen molar-refractivity contribution in [2.24, 2.45) is 5.73 Å². The third-order valence-electron chi connectivity index (χ3n) is 4.13. The summed E-state index contributed by atoms with van der Waals surface area (Å²) in [6.45, 7) is 0. The summed E-state index contributed by atoms with van der Waals surface area (Å²) in [4.78, 5) is 22.5. The Morgan fingerprint density at radius 1 is 1.29 bits per heavy atom. The van der Waals surface area contributed by atoms with Crippen molar-refractivity contribution < 1.29 is 23.8 Å². The van der Waals surface area contributed by atoms with Gasteiger partial charge in [0.15, 0.2) is 0 Å². The Labute approximate surface area is 170 Å². The van der Waals surface area contributed by atoms with Gasteiger partial charge in [0.05, 0.1) is 5.25 Å². The first-order chi connectivity index (χ1) is 13.3. The van der Waals surface area contributed by atoms with Gasteiger partial charge in [0.1, 0.15) is 27.7 Å². The maximum atomic E-state index is 14.4. The number of carbonyl (C=O) groups is 2. The smallest absolute Gasteiger partial charge is 0.320 e. The van der Waals surface area contributed by atoms with Crippen LogP contribution in [0.4, 0.5) is 4.39 Å². The lowest BCUT2D eigenvalue weighted by Gasteiger charge is -2.11. The van der Waals surface area contributed by atoms with Crippen molar-refractivity contribution in [1.82, 2.24) is 5.32 Å². The first-order valence-corrected chi connectivity index (χ1v) is 9.65. The number of nitrogens with one attached hydrogen (secondary N) is 1. The zero-order valence-electron chi connectivity index (χ0n) is 14.6. The fraction of sp³-hybridized carbons (Fsp3) is 0.211. The molecular formula is C19H17FN2O4S2. The second-order valence-electron chi connectivity index (χ2n) is 6.24.